The van der Waals surface area contributed by atoms with Gasteiger partial charge in [-0.25, -0.2) is 0 Å². The predicted molar refractivity (Wildman–Crippen MR) is 126 cm³/mol. The highest BCUT2D eigenvalue weighted by atomic mass is 16.2. The largest absolute Gasteiger partial charge is 0.334 e. The molecule has 1 aliphatic heterocycles. The summed E-state index contributed by atoms with van der Waals surface area (Å²) in [5, 5.41) is 0. The highest BCUT2D eigenvalue weighted by Crippen LogP contribution is 2.26. The van der Waals surface area contributed by atoms with Gasteiger partial charge in [0.25, 0.3) is 5.91 Å². The second-order valence-electron chi connectivity index (χ2n) is 8.67. The maximum atomic E-state index is 13.4. The van der Waals surface area contributed by atoms with Gasteiger partial charge < -0.3 is 15.5 Å². The maximum absolute atomic E-state index is 13.4. The molecule has 1 heterocycles. The number of para-hydroxylation sites is 1. The molecule has 0 unspecified atom stereocenters. The Hall–Kier alpha value is -2.66. The lowest BCUT2D eigenvalue weighted by Crippen LogP contribution is -2.37. The Bertz CT molecular complexity index is 876. The zero-order chi connectivity index (χ0) is 22.2. The quantitative estimate of drug-likeness (QED) is 0.778. The molecule has 166 valence electrons. The molecule has 0 aromatic heterocycles. The normalized spacial score (nSPS) is 15.7. The fourth-order valence-electron chi connectivity index (χ4n) is 4.10. The monoisotopic (exact) mass is 421 g/mol. The van der Waals surface area contributed by atoms with Crippen molar-refractivity contribution in [2.24, 2.45) is 11.7 Å². The van der Waals surface area contributed by atoms with Crippen molar-refractivity contribution in [2.75, 3.05) is 18.0 Å². The lowest BCUT2D eigenvalue weighted by atomic mass is 10.0. The van der Waals surface area contributed by atoms with Crippen LogP contribution in [0.1, 0.15) is 67.4 Å². The second-order valence-corrected chi connectivity index (χ2v) is 8.67. The molecule has 0 radical (unpaired) electrons. The fraction of sp³-hybridized carbons (Fsp3) is 0.462. The highest BCUT2D eigenvalue weighted by Gasteiger charge is 2.24. The number of carbonyl (C=O) groups is 2. The van der Waals surface area contributed by atoms with E-state index in [-0.39, 0.29) is 17.7 Å². The van der Waals surface area contributed by atoms with E-state index in [0.29, 0.717) is 25.2 Å². The highest BCUT2D eigenvalue weighted by molar-refractivity contribution is 5.96. The average Bonchev–Trinajstić information content (AvgIpc) is 2.78. The number of rotatable bonds is 3. The third-order valence-corrected chi connectivity index (χ3v) is 5.94. The minimum atomic E-state index is -0.0697. The van der Waals surface area contributed by atoms with Crippen molar-refractivity contribution in [3.63, 3.8) is 0 Å². The lowest BCUT2D eigenvalue weighted by molar-refractivity contribution is -0.121. The van der Waals surface area contributed by atoms with Gasteiger partial charge in [0.1, 0.15) is 0 Å². The molecular formula is C26H35N3O2. The standard InChI is InChI=1S/C26H35N3O2/c1-20(2)25(30)29-17-9-5-3-4-8-16-28(19-23-10-6-7-11-24(23)29)26(31)22-14-12-21(18-27)13-15-22/h6-7,10-15,20H,3-5,8-9,16-19,27H2,1-2H3. The van der Waals surface area contributed by atoms with Crippen molar-refractivity contribution in [2.45, 2.75) is 59.0 Å². The summed E-state index contributed by atoms with van der Waals surface area (Å²) in [5.41, 5.74) is 9.34. The molecular weight excluding hydrogens is 386 g/mol. The molecule has 1 aliphatic rings. The van der Waals surface area contributed by atoms with Gasteiger partial charge in [0.2, 0.25) is 5.91 Å². The number of anilines is 1. The van der Waals surface area contributed by atoms with Gasteiger partial charge in [0.15, 0.2) is 0 Å². The zero-order valence-electron chi connectivity index (χ0n) is 18.8. The molecule has 3 rings (SSSR count). The number of carbonyl (C=O) groups excluding carboxylic acids is 2. The van der Waals surface area contributed by atoms with Crippen molar-refractivity contribution in [1.29, 1.82) is 0 Å². The molecule has 0 saturated heterocycles. The summed E-state index contributed by atoms with van der Waals surface area (Å²) in [7, 11) is 0. The van der Waals surface area contributed by atoms with Gasteiger partial charge in [-0.05, 0) is 42.2 Å². The van der Waals surface area contributed by atoms with Crippen LogP contribution in [0.25, 0.3) is 0 Å². The van der Waals surface area contributed by atoms with Gasteiger partial charge in [0.05, 0.1) is 0 Å². The number of nitrogens with two attached hydrogens (primary N) is 1. The van der Waals surface area contributed by atoms with E-state index < -0.39 is 0 Å². The Morgan fingerprint density at radius 1 is 0.903 bits per heavy atom. The van der Waals surface area contributed by atoms with Crippen LogP contribution < -0.4 is 10.6 Å². The summed E-state index contributed by atoms with van der Waals surface area (Å²) < 4.78 is 0. The van der Waals surface area contributed by atoms with E-state index in [1.807, 2.05) is 72.2 Å². The number of nitrogens with zero attached hydrogens (tertiary/aromatic N) is 2. The van der Waals surface area contributed by atoms with Crippen LogP contribution in [0, 0.1) is 5.92 Å². The fourth-order valence-corrected chi connectivity index (χ4v) is 4.10. The molecule has 0 atom stereocenters. The Labute approximate surface area is 186 Å². The third kappa shape index (κ3) is 5.95. The smallest absolute Gasteiger partial charge is 0.254 e. The van der Waals surface area contributed by atoms with Crippen molar-refractivity contribution < 1.29 is 9.59 Å². The molecule has 5 nitrogen and oxygen atoms in total. The first-order chi connectivity index (χ1) is 15.0. The van der Waals surface area contributed by atoms with E-state index in [4.69, 9.17) is 5.73 Å². The molecule has 2 aromatic carbocycles. The summed E-state index contributed by atoms with van der Waals surface area (Å²) in [5.74, 6) is 0.0942. The molecule has 0 aliphatic carbocycles. The minimum absolute atomic E-state index is 0.0252. The minimum Gasteiger partial charge on any atom is -0.334 e. The number of fused-ring (bicyclic) bond motifs is 1. The van der Waals surface area contributed by atoms with Crippen LogP contribution >= 0.6 is 0 Å². The molecule has 31 heavy (non-hydrogen) atoms. The van der Waals surface area contributed by atoms with Gasteiger partial charge in [0, 0.05) is 43.3 Å². The molecule has 2 amide bonds. The van der Waals surface area contributed by atoms with Crippen LogP contribution in [0.4, 0.5) is 5.69 Å². The number of benzene rings is 2. The summed E-state index contributed by atoms with van der Waals surface area (Å²) in [4.78, 5) is 30.2. The van der Waals surface area contributed by atoms with Crippen LogP contribution in [0.15, 0.2) is 48.5 Å². The molecule has 2 aromatic rings. The Morgan fingerprint density at radius 2 is 1.55 bits per heavy atom. The summed E-state index contributed by atoms with van der Waals surface area (Å²) in [6, 6.07) is 15.6. The van der Waals surface area contributed by atoms with Gasteiger partial charge in [-0.2, -0.15) is 0 Å². The second kappa shape index (κ2) is 11.1. The Morgan fingerprint density at radius 3 is 2.23 bits per heavy atom. The molecule has 0 spiro atoms. The van der Waals surface area contributed by atoms with E-state index >= 15 is 0 Å². The zero-order valence-corrected chi connectivity index (χ0v) is 18.8. The first kappa shape index (κ1) is 23.0. The van der Waals surface area contributed by atoms with Crippen LogP contribution in [-0.2, 0) is 17.9 Å². The van der Waals surface area contributed by atoms with Crippen molar-refractivity contribution >= 4 is 17.5 Å². The summed E-state index contributed by atoms with van der Waals surface area (Å²) in [6.07, 6.45) is 5.30. The third-order valence-electron chi connectivity index (χ3n) is 5.94. The molecule has 2 N–H and O–H groups in total. The van der Waals surface area contributed by atoms with Crippen molar-refractivity contribution in [3.8, 4) is 0 Å². The Kier molecular flexibility index (Phi) is 8.24. The van der Waals surface area contributed by atoms with E-state index in [1.54, 1.807) is 0 Å². The van der Waals surface area contributed by atoms with Crippen LogP contribution in [0.2, 0.25) is 0 Å². The first-order valence-corrected chi connectivity index (χ1v) is 11.5. The Balaban J connectivity index is 1.93. The van der Waals surface area contributed by atoms with Gasteiger partial charge in [-0.15, -0.1) is 0 Å². The van der Waals surface area contributed by atoms with E-state index in [9.17, 15) is 9.59 Å². The van der Waals surface area contributed by atoms with Crippen LogP contribution in [0.3, 0.4) is 0 Å². The summed E-state index contributed by atoms with van der Waals surface area (Å²) in [6.45, 7) is 6.29. The molecule has 0 saturated carbocycles. The maximum Gasteiger partial charge on any atom is 0.254 e. The number of hydrogen-bond acceptors (Lipinski definition) is 3. The van der Waals surface area contributed by atoms with Gasteiger partial charge >= 0.3 is 0 Å². The van der Waals surface area contributed by atoms with Crippen molar-refractivity contribution in [1.82, 2.24) is 4.90 Å². The van der Waals surface area contributed by atoms with Gasteiger partial charge in [-0.1, -0.05) is 63.4 Å². The van der Waals surface area contributed by atoms with Crippen LogP contribution in [-0.4, -0.2) is 29.8 Å². The number of amides is 2. The molecule has 0 bridgehead atoms. The topological polar surface area (TPSA) is 66.6 Å². The van der Waals surface area contributed by atoms with Gasteiger partial charge in [-0.3, -0.25) is 9.59 Å². The molecule has 5 heteroatoms. The summed E-state index contributed by atoms with van der Waals surface area (Å²) >= 11 is 0. The van der Waals surface area contributed by atoms with Crippen LogP contribution in [0.5, 0.6) is 0 Å². The van der Waals surface area contributed by atoms with Crippen molar-refractivity contribution in [3.05, 3.63) is 65.2 Å². The predicted octanol–water partition coefficient (Wildman–Crippen LogP) is 4.74. The average molecular weight is 422 g/mol. The number of hydrogen-bond donors (Lipinski definition) is 1. The van der Waals surface area contributed by atoms with E-state index in [0.717, 1.165) is 55.5 Å². The van der Waals surface area contributed by atoms with E-state index in [1.165, 1.54) is 0 Å². The lowest BCUT2D eigenvalue weighted by Gasteiger charge is -2.30. The first-order valence-electron chi connectivity index (χ1n) is 11.5. The SMILES string of the molecule is CC(C)C(=O)N1CCCCCCCN(C(=O)c2ccc(CN)cc2)Cc2ccccc21. The van der Waals surface area contributed by atoms with E-state index in [2.05, 4.69) is 0 Å². The molecule has 0 fully saturated rings.